The molecule has 0 saturated carbocycles. The smallest absolute Gasteiger partial charge is 0.277 e. The second kappa shape index (κ2) is 6.42. The quantitative estimate of drug-likeness (QED) is 0.814. The van der Waals surface area contributed by atoms with E-state index in [0.717, 1.165) is 24.0 Å². The first-order valence-electron chi connectivity index (χ1n) is 8.35. The van der Waals surface area contributed by atoms with Crippen LogP contribution in [0.15, 0.2) is 18.2 Å². The Kier molecular flexibility index (Phi) is 4.59. The Labute approximate surface area is 147 Å². The number of carbonyl (C=O) groups is 2. The molecule has 2 atom stereocenters. The SMILES string of the molecule is Cc1ccc(N2C(=O)C(S(=O)(=O)O)CC2C(=O)N2CCCC2)cc1C. The predicted octanol–water partition coefficient (Wildman–Crippen LogP) is 1.29. The molecule has 2 saturated heterocycles. The lowest BCUT2D eigenvalue weighted by Gasteiger charge is -2.28. The van der Waals surface area contributed by atoms with E-state index < -0.39 is 27.3 Å². The summed E-state index contributed by atoms with van der Waals surface area (Å²) in [6.45, 7) is 5.04. The number of hydrogen-bond donors (Lipinski definition) is 1. The molecule has 0 aromatic heterocycles. The number of amides is 2. The number of hydrogen-bond acceptors (Lipinski definition) is 4. The first kappa shape index (κ1) is 17.9. The maximum Gasteiger partial charge on any atom is 0.277 e. The second-order valence-corrected chi connectivity index (χ2v) is 8.36. The molecule has 3 rings (SSSR count). The summed E-state index contributed by atoms with van der Waals surface area (Å²) in [7, 11) is -4.56. The fourth-order valence-electron chi connectivity index (χ4n) is 3.51. The summed E-state index contributed by atoms with van der Waals surface area (Å²) in [5, 5.41) is -1.59. The molecule has 0 bridgehead atoms. The van der Waals surface area contributed by atoms with Crippen molar-refractivity contribution in [2.75, 3.05) is 18.0 Å². The fourth-order valence-corrected chi connectivity index (χ4v) is 4.30. The monoisotopic (exact) mass is 366 g/mol. The van der Waals surface area contributed by atoms with Crippen molar-refractivity contribution in [3.05, 3.63) is 29.3 Å². The third-order valence-electron chi connectivity index (χ3n) is 5.09. The third-order valence-corrected chi connectivity index (χ3v) is 6.21. The van der Waals surface area contributed by atoms with E-state index in [1.54, 1.807) is 17.0 Å². The zero-order valence-electron chi connectivity index (χ0n) is 14.3. The van der Waals surface area contributed by atoms with Gasteiger partial charge in [0.05, 0.1) is 0 Å². The van der Waals surface area contributed by atoms with Gasteiger partial charge < -0.3 is 4.90 Å². The molecule has 1 N–H and O–H groups in total. The minimum Gasteiger partial charge on any atom is -0.341 e. The Morgan fingerprint density at radius 3 is 2.36 bits per heavy atom. The summed E-state index contributed by atoms with van der Waals surface area (Å²) in [4.78, 5) is 28.5. The molecule has 1 aromatic rings. The first-order valence-corrected chi connectivity index (χ1v) is 9.86. The van der Waals surface area contributed by atoms with Crippen LogP contribution in [0.1, 0.15) is 30.4 Å². The Morgan fingerprint density at radius 1 is 1.16 bits per heavy atom. The molecule has 2 fully saturated rings. The van der Waals surface area contributed by atoms with E-state index >= 15 is 0 Å². The molecule has 8 heteroatoms. The van der Waals surface area contributed by atoms with Crippen molar-refractivity contribution in [3.8, 4) is 0 Å². The minimum absolute atomic E-state index is 0.222. The lowest BCUT2D eigenvalue weighted by Crippen LogP contribution is -2.46. The van der Waals surface area contributed by atoms with Crippen molar-refractivity contribution < 1.29 is 22.6 Å². The second-order valence-electron chi connectivity index (χ2n) is 6.76. The highest BCUT2D eigenvalue weighted by atomic mass is 32.2. The molecule has 0 aliphatic carbocycles. The van der Waals surface area contributed by atoms with E-state index in [1.807, 2.05) is 19.9 Å². The lowest BCUT2D eigenvalue weighted by molar-refractivity contribution is -0.132. The average molecular weight is 366 g/mol. The number of likely N-dealkylation sites (tertiary alicyclic amines) is 1. The van der Waals surface area contributed by atoms with Crippen LogP contribution in [0.4, 0.5) is 5.69 Å². The van der Waals surface area contributed by atoms with Gasteiger partial charge in [-0.3, -0.25) is 19.0 Å². The van der Waals surface area contributed by atoms with Crippen LogP contribution in [0.5, 0.6) is 0 Å². The summed E-state index contributed by atoms with van der Waals surface area (Å²) in [6, 6.07) is 4.40. The number of benzene rings is 1. The summed E-state index contributed by atoms with van der Waals surface area (Å²) < 4.78 is 32.6. The van der Waals surface area contributed by atoms with Gasteiger partial charge in [-0.1, -0.05) is 6.07 Å². The van der Waals surface area contributed by atoms with Crippen molar-refractivity contribution in [1.29, 1.82) is 0 Å². The molecule has 25 heavy (non-hydrogen) atoms. The van der Waals surface area contributed by atoms with Crippen LogP contribution in [0.3, 0.4) is 0 Å². The predicted molar refractivity (Wildman–Crippen MR) is 93.0 cm³/mol. The molecule has 0 radical (unpaired) electrons. The summed E-state index contributed by atoms with van der Waals surface area (Å²) in [5.41, 5.74) is 2.45. The van der Waals surface area contributed by atoms with Crippen LogP contribution in [-0.4, -0.2) is 54.1 Å². The summed E-state index contributed by atoms with van der Waals surface area (Å²) in [5.74, 6) is -1.00. The molecule has 136 valence electrons. The van der Waals surface area contributed by atoms with Gasteiger partial charge in [0, 0.05) is 25.2 Å². The topological polar surface area (TPSA) is 95.0 Å². The highest BCUT2D eigenvalue weighted by molar-refractivity contribution is 7.87. The zero-order chi connectivity index (χ0) is 18.4. The van der Waals surface area contributed by atoms with E-state index in [-0.39, 0.29) is 12.3 Å². The van der Waals surface area contributed by atoms with Crippen LogP contribution in [-0.2, 0) is 19.7 Å². The first-order chi connectivity index (χ1) is 11.7. The third kappa shape index (κ3) is 3.28. The van der Waals surface area contributed by atoms with Gasteiger partial charge in [-0.25, -0.2) is 0 Å². The number of aryl methyl sites for hydroxylation is 2. The van der Waals surface area contributed by atoms with Gasteiger partial charge in [-0.15, -0.1) is 0 Å². The average Bonchev–Trinajstić information content (AvgIpc) is 3.16. The van der Waals surface area contributed by atoms with E-state index in [4.69, 9.17) is 0 Å². The highest BCUT2D eigenvalue weighted by Crippen LogP contribution is 2.32. The fraction of sp³-hybridized carbons (Fsp3) is 0.529. The Balaban J connectivity index is 2.01. The number of nitrogens with zero attached hydrogens (tertiary/aromatic N) is 2. The van der Waals surface area contributed by atoms with Gasteiger partial charge >= 0.3 is 0 Å². The summed E-state index contributed by atoms with van der Waals surface area (Å²) in [6.07, 6.45) is 1.58. The molecule has 2 aliphatic heterocycles. The molecule has 7 nitrogen and oxygen atoms in total. The van der Waals surface area contributed by atoms with Gasteiger partial charge in [0.1, 0.15) is 6.04 Å². The number of anilines is 1. The number of rotatable bonds is 3. The molecule has 0 spiro atoms. The standard InChI is InChI=1S/C17H22N2O5S/c1-11-5-6-13(9-12(11)2)19-14(16(20)18-7-3-4-8-18)10-15(17(19)21)25(22,23)24/h5-6,9,14-15H,3-4,7-8,10H2,1-2H3,(H,22,23,24). The molecular formula is C17H22N2O5S. The van der Waals surface area contributed by atoms with Gasteiger partial charge in [-0.05, 0) is 49.9 Å². The van der Waals surface area contributed by atoms with Gasteiger partial charge in [0.25, 0.3) is 10.1 Å². The molecule has 2 aliphatic rings. The molecule has 2 amide bonds. The van der Waals surface area contributed by atoms with E-state index in [2.05, 4.69) is 0 Å². The van der Waals surface area contributed by atoms with E-state index in [0.29, 0.717) is 18.8 Å². The molecule has 1 aromatic carbocycles. The van der Waals surface area contributed by atoms with E-state index in [9.17, 15) is 22.6 Å². The van der Waals surface area contributed by atoms with Crippen molar-refractivity contribution in [2.24, 2.45) is 0 Å². The maximum absolute atomic E-state index is 12.9. The van der Waals surface area contributed by atoms with E-state index in [1.165, 1.54) is 4.90 Å². The molecule has 2 unspecified atom stereocenters. The highest BCUT2D eigenvalue weighted by Gasteiger charge is 2.50. The van der Waals surface area contributed by atoms with Crippen molar-refractivity contribution in [2.45, 2.75) is 44.4 Å². The van der Waals surface area contributed by atoms with Crippen LogP contribution >= 0.6 is 0 Å². The van der Waals surface area contributed by atoms with Crippen LogP contribution in [0.2, 0.25) is 0 Å². The van der Waals surface area contributed by atoms with Crippen molar-refractivity contribution in [1.82, 2.24) is 4.90 Å². The van der Waals surface area contributed by atoms with Crippen LogP contribution in [0, 0.1) is 13.8 Å². The Morgan fingerprint density at radius 2 is 1.80 bits per heavy atom. The maximum atomic E-state index is 12.9. The van der Waals surface area contributed by atoms with Crippen molar-refractivity contribution in [3.63, 3.8) is 0 Å². The van der Waals surface area contributed by atoms with Crippen molar-refractivity contribution >= 4 is 27.6 Å². The Hall–Kier alpha value is -1.93. The molecular weight excluding hydrogens is 344 g/mol. The van der Waals surface area contributed by atoms with Gasteiger partial charge in [0.2, 0.25) is 11.8 Å². The zero-order valence-corrected chi connectivity index (χ0v) is 15.1. The molecule has 2 heterocycles. The van der Waals surface area contributed by atoms with Crippen LogP contribution in [0.25, 0.3) is 0 Å². The van der Waals surface area contributed by atoms with Crippen LogP contribution < -0.4 is 4.90 Å². The lowest BCUT2D eigenvalue weighted by atomic mass is 10.1. The summed E-state index contributed by atoms with van der Waals surface area (Å²) >= 11 is 0. The normalized spacial score (nSPS) is 24.2. The number of carbonyl (C=O) groups excluding carboxylic acids is 2. The van der Waals surface area contributed by atoms with Gasteiger partial charge in [-0.2, -0.15) is 8.42 Å². The largest absolute Gasteiger partial charge is 0.341 e. The Bertz CT molecular complexity index is 814. The van der Waals surface area contributed by atoms with Gasteiger partial charge in [0.15, 0.2) is 5.25 Å². The minimum atomic E-state index is -4.56.